The fourth-order valence-electron chi connectivity index (χ4n) is 1.05. The van der Waals surface area contributed by atoms with Crippen molar-refractivity contribution in [1.29, 1.82) is 0 Å². The van der Waals surface area contributed by atoms with Crippen LogP contribution >= 0.6 is 0 Å². The first kappa shape index (κ1) is 15.3. The van der Waals surface area contributed by atoms with Gasteiger partial charge in [-0.15, -0.1) is 0 Å². The number of rotatable bonds is 7. The van der Waals surface area contributed by atoms with Crippen molar-refractivity contribution < 1.29 is 26.7 Å². The smallest absolute Gasteiger partial charge is 0.321 e. The predicted octanol–water partition coefficient (Wildman–Crippen LogP) is -0.839. The van der Waals surface area contributed by atoms with Gasteiger partial charge >= 0.3 is 5.97 Å². The molecule has 0 saturated heterocycles. The maximum atomic E-state index is 11.3. The number of carboxylic acids is 1. The van der Waals surface area contributed by atoms with Crippen molar-refractivity contribution in [2.75, 3.05) is 11.3 Å². The maximum Gasteiger partial charge on any atom is 0.321 e. The van der Waals surface area contributed by atoms with Crippen LogP contribution in [0.2, 0.25) is 0 Å². The second kappa shape index (κ2) is 5.60. The van der Waals surface area contributed by atoms with E-state index < -0.39 is 37.0 Å². The van der Waals surface area contributed by atoms with Crippen molar-refractivity contribution >= 4 is 25.8 Å². The lowest BCUT2D eigenvalue weighted by Gasteiger charge is -2.13. The zero-order chi connectivity index (χ0) is 13.0. The van der Waals surface area contributed by atoms with E-state index in [4.69, 9.17) is 5.11 Å². The summed E-state index contributed by atoms with van der Waals surface area (Å²) in [6, 6.07) is -1.28. The summed E-state index contributed by atoms with van der Waals surface area (Å²) in [5, 5.41) is 7.59. The fourth-order valence-corrected chi connectivity index (χ4v) is 4.23. The van der Waals surface area contributed by atoms with Crippen LogP contribution in [0.5, 0.6) is 0 Å². The summed E-state index contributed by atoms with van der Waals surface area (Å²) in [4.78, 5) is 10.7. The zero-order valence-corrected chi connectivity index (χ0v) is 10.6. The van der Waals surface area contributed by atoms with Gasteiger partial charge in [0.1, 0.15) is 6.04 Å². The van der Waals surface area contributed by atoms with Gasteiger partial charge in [0, 0.05) is 6.26 Å². The Bertz CT molecular complexity index is 437. The van der Waals surface area contributed by atoms with E-state index in [1.54, 1.807) is 6.92 Å². The van der Waals surface area contributed by atoms with Crippen LogP contribution in [0.1, 0.15) is 19.8 Å². The first-order valence-electron chi connectivity index (χ1n) is 4.48. The first-order chi connectivity index (χ1) is 7.07. The lowest BCUT2D eigenvalue weighted by molar-refractivity contribution is -0.139. The van der Waals surface area contributed by atoms with Crippen molar-refractivity contribution in [3.05, 3.63) is 0 Å². The van der Waals surface area contributed by atoms with Crippen LogP contribution in [-0.4, -0.2) is 45.3 Å². The summed E-state index contributed by atoms with van der Waals surface area (Å²) in [7, 11) is -7.84. The Labute approximate surface area is 94.8 Å². The molecule has 2 N–H and O–H groups in total. The van der Waals surface area contributed by atoms with E-state index in [2.05, 4.69) is 0 Å². The average molecular weight is 273 g/mol. The van der Waals surface area contributed by atoms with E-state index in [0.717, 1.165) is 6.26 Å². The van der Waals surface area contributed by atoms with Crippen LogP contribution in [-0.2, 0) is 24.7 Å². The summed E-state index contributed by atoms with van der Waals surface area (Å²) in [5.41, 5.74) is 0. The number of sulfonamides is 1. The minimum absolute atomic E-state index is 0.109. The van der Waals surface area contributed by atoms with Gasteiger partial charge in [-0.2, -0.15) is 0 Å². The number of sulfone groups is 1. The quantitative estimate of drug-likeness (QED) is 0.624. The maximum absolute atomic E-state index is 11.3. The van der Waals surface area contributed by atoms with Crippen LogP contribution in [0.4, 0.5) is 0 Å². The normalized spacial score (nSPS) is 14.6. The van der Waals surface area contributed by atoms with Crippen molar-refractivity contribution in [2.24, 2.45) is 0 Å². The summed E-state index contributed by atoms with van der Waals surface area (Å²) >= 11 is 0. The highest BCUT2D eigenvalue weighted by atomic mass is 32.3. The molecule has 0 aliphatic heterocycles. The third kappa shape index (κ3) is 6.75. The van der Waals surface area contributed by atoms with E-state index in [0.29, 0.717) is 6.42 Å². The SMILES string of the molecule is CCCC(NS(=O)(=O)CS(C)(=O)=O)C(=O)O. The van der Waals surface area contributed by atoms with Crippen LogP contribution in [0.3, 0.4) is 0 Å². The molecule has 0 bridgehead atoms. The van der Waals surface area contributed by atoms with Crippen LogP contribution in [0, 0.1) is 0 Å². The Hall–Kier alpha value is -0.670. The van der Waals surface area contributed by atoms with Gasteiger partial charge in [0.25, 0.3) is 0 Å². The van der Waals surface area contributed by atoms with Crippen molar-refractivity contribution in [1.82, 2.24) is 4.72 Å². The van der Waals surface area contributed by atoms with Crippen molar-refractivity contribution in [2.45, 2.75) is 25.8 Å². The topological polar surface area (TPSA) is 118 Å². The van der Waals surface area contributed by atoms with Crippen molar-refractivity contribution in [3.8, 4) is 0 Å². The molecule has 0 radical (unpaired) electrons. The molecule has 0 aliphatic rings. The largest absolute Gasteiger partial charge is 0.480 e. The van der Waals surface area contributed by atoms with Gasteiger partial charge in [0.05, 0.1) is 0 Å². The summed E-state index contributed by atoms with van der Waals surface area (Å²) in [6.07, 6.45) is 1.35. The van der Waals surface area contributed by atoms with Crippen molar-refractivity contribution in [3.63, 3.8) is 0 Å². The van der Waals surface area contributed by atoms with Gasteiger partial charge in [-0.05, 0) is 6.42 Å². The van der Waals surface area contributed by atoms with Gasteiger partial charge in [0.2, 0.25) is 10.0 Å². The molecule has 7 nitrogen and oxygen atoms in total. The van der Waals surface area contributed by atoms with Crippen LogP contribution in [0.25, 0.3) is 0 Å². The Balaban J connectivity index is 4.74. The monoisotopic (exact) mass is 273 g/mol. The minimum atomic E-state index is -4.12. The standard InChI is InChI=1S/C7H15NO6S2/c1-3-4-6(7(9)10)8-16(13,14)5-15(2,11)12/h6,8H,3-5H2,1-2H3,(H,9,10). The molecule has 0 saturated carbocycles. The van der Waals surface area contributed by atoms with E-state index in [-0.39, 0.29) is 6.42 Å². The van der Waals surface area contributed by atoms with Crippen LogP contribution < -0.4 is 4.72 Å². The second-order valence-electron chi connectivity index (χ2n) is 3.46. The third-order valence-electron chi connectivity index (χ3n) is 1.57. The molecule has 16 heavy (non-hydrogen) atoms. The Morgan fingerprint density at radius 1 is 1.31 bits per heavy atom. The molecular weight excluding hydrogens is 258 g/mol. The molecular formula is C7H15NO6S2. The summed E-state index contributed by atoms with van der Waals surface area (Å²) in [6.45, 7) is 1.70. The lowest BCUT2D eigenvalue weighted by Crippen LogP contribution is -2.42. The van der Waals surface area contributed by atoms with Gasteiger partial charge in [0.15, 0.2) is 14.9 Å². The van der Waals surface area contributed by atoms with Crippen LogP contribution in [0.15, 0.2) is 0 Å². The van der Waals surface area contributed by atoms with Gasteiger partial charge < -0.3 is 5.11 Å². The molecule has 0 rings (SSSR count). The molecule has 1 unspecified atom stereocenters. The summed E-state index contributed by atoms with van der Waals surface area (Å²) < 4.78 is 46.0. The Morgan fingerprint density at radius 2 is 1.81 bits per heavy atom. The first-order valence-corrected chi connectivity index (χ1v) is 8.19. The average Bonchev–Trinajstić information content (AvgIpc) is 1.97. The molecule has 0 aromatic heterocycles. The lowest BCUT2D eigenvalue weighted by atomic mass is 10.2. The third-order valence-corrected chi connectivity index (χ3v) is 5.16. The Kier molecular flexibility index (Phi) is 5.36. The molecule has 9 heteroatoms. The van der Waals surface area contributed by atoms with E-state index >= 15 is 0 Å². The van der Waals surface area contributed by atoms with E-state index in [1.807, 2.05) is 4.72 Å². The number of carboxylic acid groups (broad SMARTS) is 1. The molecule has 0 amide bonds. The summed E-state index contributed by atoms with van der Waals surface area (Å²) in [5.74, 6) is -1.32. The van der Waals surface area contributed by atoms with E-state index in [9.17, 15) is 21.6 Å². The minimum Gasteiger partial charge on any atom is -0.480 e. The number of hydrogen-bond acceptors (Lipinski definition) is 5. The van der Waals surface area contributed by atoms with Gasteiger partial charge in [-0.3, -0.25) is 4.79 Å². The molecule has 0 fully saturated rings. The molecule has 0 aromatic carbocycles. The highest BCUT2D eigenvalue weighted by molar-refractivity contribution is 8.06. The molecule has 1 atom stereocenters. The number of nitrogens with one attached hydrogen (secondary N) is 1. The molecule has 0 aromatic rings. The molecule has 0 aliphatic carbocycles. The van der Waals surface area contributed by atoms with Gasteiger partial charge in [-0.1, -0.05) is 13.3 Å². The van der Waals surface area contributed by atoms with Gasteiger partial charge in [-0.25, -0.2) is 21.6 Å². The molecule has 0 spiro atoms. The zero-order valence-electron chi connectivity index (χ0n) is 9.00. The highest BCUT2D eigenvalue weighted by Crippen LogP contribution is 2.01. The molecule has 0 heterocycles. The predicted molar refractivity (Wildman–Crippen MR) is 58.1 cm³/mol. The molecule has 96 valence electrons. The fraction of sp³-hybridized carbons (Fsp3) is 0.857. The van der Waals surface area contributed by atoms with E-state index in [1.165, 1.54) is 0 Å². The Morgan fingerprint density at radius 3 is 2.12 bits per heavy atom. The number of aliphatic carboxylic acids is 1. The second-order valence-corrected chi connectivity index (χ2v) is 7.72. The highest BCUT2D eigenvalue weighted by Gasteiger charge is 2.25. The number of hydrogen-bond donors (Lipinski definition) is 2. The number of carbonyl (C=O) groups is 1.